The molecule has 114 valence electrons. The highest BCUT2D eigenvalue weighted by molar-refractivity contribution is 6.12. The number of benzene rings is 2. The summed E-state index contributed by atoms with van der Waals surface area (Å²) in [7, 11) is 0. The Kier molecular flexibility index (Phi) is 3.65. The average Bonchev–Trinajstić information content (AvgIpc) is 2.47. The first-order chi connectivity index (χ1) is 10.5. The van der Waals surface area contributed by atoms with E-state index in [-0.39, 0.29) is 5.91 Å². The van der Waals surface area contributed by atoms with Gasteiger partial charge in [0.2, 0.25) is 0 Å². The highest BCUT2D eigenvalue weighted by Gasteiger charge is 2.42. The number of nitrogens with one attached hydrogen (secondary N) is 1. The molecule has 0 spiro atoms. The zero-order valence-corrected chi connectivity index (χ0v) is 13.3. The molecule has 0 saturated heterocycles. The second-order valence-corrected chi connectivity index (χ2v) is 6.52. The summed E-state index contributed by atoms with van der Waals surface area (Å²) in [5.41, 5.74) is 2.15. The monoisotopic (exact) mass is 294 g/mol. The maximum atomic E-state index is 13.1. The number of carbonyl (C=O) groups excluding carboxylic acids is 1. The molecular formula is C19H22N2O. The van der Waals surface area contributed by atoms with Gasteiger partial charge in [-0.15, -0.1) is 0 Å². The molecule has 3 heteroatoms. The van der Waals surface area contributed by atoms with Gasteiger partial charge < -0.3 is 5.32 Å². The summed E-state index contributed by atoms with van der Waals surface area (Å²) in [4.78, 5) is 15.0. The maximum Gasteiger partial charge on any atom is 0.262 e. The van der Waals surface area contributed by atoms with Crippen LogP contribution in [-0.2, 0) is 0 Å². The lowest BCUT2D eigenvalue weighted by atomic mass is 9.92. The Morgan fingerprint density at radius 2 is 1.68 bits per heavy atom. The van der Waals surface area contributed by atoms with Crippen LogP contribution in [0.5, 0.6) is 0 Å². The van der Waals surface area contributed by atoms with Crippen LogP contribution in [-0.4, -0.2) is 11.6 Å². The van der Waals surface area contributed by atoms with Gasteiger partial charge in [0, 0.05) is 11.4 Å². The summed E-state index contributed by atoms with van der Waals surface area (Å²) in [5.74, 6) is 0.533. The molecule has 0 radical (unpaired) electrons. The number of para-hydroxylation sites is 2. The summed E-state index contributed by atoms with van der Waals surface area (Å²) in [5, 5.41) is 3.59. The molecule has 0 bridgehead atoms. The molecule has 0 aliphatic carbocycles. The number of hydrogen-bond donors (Lipinski definition) is 1. The van der Waals surface area contributed by atoms with Crippen molar-refractivity contribution >= 4 is 17.3 Å². The molecule has 0 fully saturated rings. The maximum absolute atomic E-state index is 13.1. The molecule has 3 rings (SSSR count). The zero-order chi connectivity index (χ0) is 15.7. The second-order valence-electron chi connectivity index (χ2n) is 6.52. The quantitative estimate of drug-likeness (QED) is 0.902. The van der Waals surface area contributed by atoms with E-state index in [1.165, 1.54) is 0 Å². The molecule has 22 heavy (non-hydrogen) atoms. The molecule has 1 atom stereocenters. The SMILES string of the molecule is CC(C)C[C@@]1(C)Nc2ccccc2C(=O)N1c1ccccc1. The number of rotatable bonds is 3. The Balaban J connectivity index is 2.13. The predicted octanol–water partition coefficient (Wildman–Crippen LogP) is 4.52. The number of nitrogens with zero attached hydrogens (tertiary/aromatic N) is 1. The van der Waals surface area contributed by atoms with Crippen LogP contribution in [0, 0.1) is 5.92 Å². The van der Waals surface area contributed by atoms with E-state index in [1.807, 2.05) is 59.5 Å². The van der Waals surface area contributed by atoms with Crippen LogP contribution < -0.4 is 10.2 Å². The van der Waals surface area contributed by atoms with Gasteiger partial charge in [0.15, 0.2) is 0 Å². The standard InChI is InChI=1S/C19H22N2O/c1-14(2)13-19(3)20-17-12-8-7-11-16(17)18(22)21(19)15-9-5-4-6-10-15/h4-12,14,20H,13H2,1-3H3/t19-/m0/s1. The molecule has 1 aliphatic rings. The van der Waals surface area contributed by atoms with E-state index in [0.717, 1.165) is 23.4 Å². The number of carbonyl (C=O) groups is 1. The average molecular weight is 294 g/mol. The summed E-state index contributed by atoms with van der Waals surface area (Å²) < 4.78 is 0. The minimum atomic E-state index is -0.430. The molecule has 1 heterocycles. The van der Waals surface area contributed by atoms with Gasteiger partial charge in [0.1, 0.15) is 5.66 Å². The van der Waals surface area contributed by atoms with Crippen molar-refractivity contribution in [2.24, 2.45) is 5.92 Å². The number of amides is 1. The molecule has 1 N–H and O–H groups in total. The Bertz CT molecular complexity index is 681. The van der Waals surface area contributed by atoms with E-state index >= 15 is 0 Å². The number of fused-ring (bicyclic) bond motifs is 1. The van der Waals surface area contributed by atoms with Crippen molar-refractivity contribution in [1.29, 1.82) is 0 Å². The lowest BCUT2D eigenvalue weighted by molar-refractivity contribution is 0.0951. The van der Waals surface area contributed by atoms with Gasteiger partial charge in [-0.25, -0.2) is 0 Å². The molecule has 0 aromatic heterocycles. The zero-order valence-electron chi connectivity index (χ0n) is 13.3. The predicted molar refractivity (Wildman–Crippen MR) is 91.2 cm³/mol. The van der Waals surface area contributed by atoms with Gasteiger partial charge in [-0.3, -0.25) is 9.69 Å². The van der Waals surface area contributed by atoms with Crippen molar-refractivity contribution in [3.8, 4) is 0 Å². The third-order valence-corrected chi connectivity index (χ3v) is 4.08. The lowest BCUT2D eigenvalue weighted by Gasteiger charge is -2.47. The summed E-state index contributed by atoms with van der Waals surface area (Å²) in [6, 6.07) is 17.6. The molecule has 1 amide bonds. The molecule has 1 aliphatic heterocycles. The van der Waals surface area contributed by atoms with E-state index in [4.69, 9.17) is 0 Å². The van der Waals surface area contributed by atoms with Crippen molar-refractivity contribution in [1.82, 2.24) is 0 Å². The van der Waals surface area contributed by atoms with Crippen molar-refractivity contribution in [2.45, 2.75) is 32.9 Å². The largest absolute Gasteiger partial charge is 0.362 e. The first-order valence-corrected chi connectivity index (χ1v) is 7.78. The minimum absolute atomic E-state index is 0.0590. The Morgan fingerprint density at radius 1 is 1.05 bits per heavy atom. The van der Waals surface area contributed by atoms with Crippen LogP contribution >= 0.6 is 0 Å². The van der Waals surface area contributed by atoms with Gasteiger partial charge in [-0.05, 0) is 43.5 Å². The van der Waals surface area contributed by atoms with Crippen LogP contribution in [0.2, 0.25) is 0 Å². The smallest absolute Gasteiger partial charge is 0.262 e. The fourth-order valence-electron chi connectivity index (χ4n) is 3.39. The number of anilines is 2. The van der Waals surface area contributed by atoms with Crippen LogP contribution in [0.4, 0.5) is 11.4 Å². The van der Waals surface area contributed by atoms with Crippen molar-refractivity contribution in [2.75, 3.05) is 10.2 Å². The van der Waals surface area contributed by atoms with Crippen molar-refractivity contribution < 1.29 is 4.79 Å². The summed E-state index contributed by atoms with van der Waals surface area (Å²) in [6.45, 7) is 6.47. The van der Waals surface area contributed by atoms with Gasteiger partial charge in [-0.1, -0.05) is 44.2 Å². The third kappa shape index (κ3) is 2.47. The fourth-order valence-corrected chi connectivity index (χ4v) is 3.39. The summed E-state index contributed by atoms with van der Waals surface area (Å²) >= 11 is 0. The molecule has 2 aromatic rings. The topological polar surface area (TPSA) is 32.3 Å². The van der Waals surface area contributed by atoms with E-state index in [1.54, 1.807) is 0 Å². The van der Waals surface area contributed by atoms with Gasteiger partial charge in [-0.2, -0.15) is 0 Å². The van der Waals surface area contributed by atoms with E-state index in [2.05, 4.69) is 26.1 Å². The van der Waals surface area contributed by atoms with Gasteiger partial charge in [0.25, 0.3) is 5.91 Å². The van der Waals surface area contributed by atoms with Crippen LogP contribution in [0.1, 0.15) is 37.6 Å². The molecular weight excluding hydrogens is 272 g/mol. The highest BCUT2D eigenvalue weighted by Crippen LogP contribution is 2.37. The van der Waals surface area contributed by atoms with E-state index in [0.29, 0.717) is 5.92 Å². The van der Waals surface area contributed by atoms with Gasteiger partial charge in [0.05, 0.1) is 5.56 Å². The number of hydrogen-bond acceptors (Lipinski definition) is 2. The Hall–Kier alpha value is -2.29. The Morgan fingerprint density at radius 3 is 2.36 bits per heavy atom. The van der Waals surface area contributed by atoms with Gasteiger partial charge >= 0.3 is 0 Å². The van der Waals surface area contributed by atoms with E-state index in [9.17, 15) is 4.79 Å². The molecule has 3 nitrogen and oxygen atoms in total. The highest BCUT2D eigenvalue weighted by atomic mass is 16.2. The second kappa shape index (κ2) is 5.48. The molecule has 2 aromatic carbocycles. The lowest BCUT2D eigenvalue weighted by Crippen LogP contribution is -2.59. The normalized spacial score (nSPS) is 20.7. The third-order valence-electron chi connectivity index (χ3n) is 4.08. The fraction of sp³-hybridized carbons (Fsp3) is 0.316. The first kappa shape index (κ1) is 14.6. The van der Waals surface area contributed by atoms with E-state index < -0.39 is 5.66 Å². The van der Waals surface area contributed by atoms with Crippen molar-refractivity contribution in [3.63, 3.8) is 0 Å². The van der Waals surface area contributed by atoms with Crippen LogP contribution in [0.15, 0.2) is 54.6 Å². The van der Waals surface area contributed by atoms with Crippen LogP contribution in [0.25, 0.3) is 0 Å². The molecule has 0 saturated carbocycles. The minimum Gasteiger partial charge on any atom is -0.362 e. The first-order valence-electron chi connectivity index (χ1n) is 7.78. The summed E-state index contributed by atoms with van der Waals surface area (Å²) in [6.07, 6.45) is 0.877. The molecule has 0 unspecified atom stereocenters. The Labute approximate surface area is 132 Å². The van der Waals surface area contributed by atoms with Crippen molar-refractivity contribution in [3.05, 3.63) is 60.2 Å². The van der Waals surface area contributed by atoms with Crippen LogP contribution in [0.3, 0.4) is 0 Å².